The maximum atomic E-state index is 12.1. The first-order valence-electron chi connectivity index (χ1n) is 7.37. The molecule has 4 heteroatoms. The summed E-state index contributed by atoms with van der Waals surface area (Å²) in [6.45, 7) is 0.845. The highest BCUT2D eigenvalue weighted by Crippen LogP contribution is 2.22. The van der Waals surface area contributed by atoms with Crippen molar-refractivity contribution in [2.24, 2.45) is 0 Å². The van der Waals surface area contributed by atoms with Crippen molar-refractivity contribution in [2.75, 3.05) is 26.0 Å². The van der Waals surface area contributed by atoms with Crippen LogP contribution in [0.25, 0.3) is 0 Å². The van der Waals surface area contributed by atoms with E-state index in [1.807, 2.05) is 74.8 Å². The topological polar surface area (TPSA) is 41.6 Å². The monoisotopic (exact) mass is 298 g/mol. The van der Waals surface area contributed by atoms with E-state index >= 15 is 0 Å². The molecule has 0 radical (unpaired) electrons. The Balaban J connectivity index is 2.01. The predicted molar refractivity (Wildman–Crippen MR) is 88.9 cm³/mol. The van der Waals surface area contributed by atoms with Gasteiger partial charge in [0.1, 0.15) is 6.10 Å². The molecule has 2 aromatic carbocycles. The van der Waals surface area contributed by atoms with Gasteiger partial charge in [-0.15, -0.1) is 0 Å². The molecule has 0 aliphatic carbocycles. The molecule has 0 bridgehead atoms. The molecule has 0 aromatic heterocycles. The third-order valence-corrected chi connectivity index (χ3v) is 3.28. The largest absolute Gasteiger partial charge is 0.441 e. The van der Waals surface area contributed by atoms with Crippen LogP contribution >= 0.6 is 0 Å². The van der Waals surface area contributed by atoms with Crippen molar-refractivity contribution in [1.29, 1.82) is 0 Å². The lowest BCUT2D eigenvalue weighted by Crippen LogP contribution is -2.21. The van der Waals surface area contributed by atoms with Gasteiger partial charge in [-0.05, 0) is 31.8 Å². The number of carbonyl (C=O) groups is 1. The number of benzene rings is 2. The first-order valence-corrected chi connectivity index (χ1v) is 7.37. The molecule has 0 spiro atoms. The second-order valence-electron chi connectivity index (χ2n) is 5.39. The van der Waals surface area contributed by atoms with Crippen LogP contribution in [-0.2, 0) is 4.74 Å². The highest BCUT2D eigenvalue weighted by Gasteiger charge is 2.17. The van der Waals surface area contributed by atoms with E-state index < -0.39 is 6.09 Å². The Morgan fingerprint density at radius 3 is 2.23 bits per heavy atom. The molecular weight excluding hydrogens is 276 g/mol. The van der Waals surface area contributed by atoms with Crippen molar-refractivity contribution < 1.29 is 9.53 Å². The van der Waals surface area contributed by atoms with Gasteiger partial charge in [-0.2, -0.15) is 0 Å². The molecule has 0 aliphatic heterocycles. The van der Waals surface area contributed by atoms with Crippen LogP contribution in [0, 0.1) is 0 Å². The quantitative estimate of drug-likeness (QED) is 0.878. The highest BCUT2D eigenvalue weighted by atomic mass is 16.6. The van der Waals surface area contributed by atoms with Crippen molar-refractivity contribution in [3.05, 3.63) is 66.2 Å². The fraction of sp³-hybridized carbons (Fsp3) is 0.278. The molecule has 2 aromatic rings. The number of nitrogens with one attached hydrogen (secondary N) is 1. The molecular formula is C18H22N2O2. The van der Waals surface area contributed by atoms with E-state index in [1.165, 1.54) is 0 Å². The van der Waals surface area contributed by atoms with Crippen LogP contribution in [0.5, 0.6) is 0 Å². The van der Waals surface area contributed by atoms with Gasteiger partial charge in [0, 0.05) is 18.7 Å². The van der Waals surface area contributed by atoms with Crippen molar-refractivity contribution in [3.8, 4) is 0 Å². The molecule has 2 rings (SSSR count). The van der Waals surface area contributed by atoms with Gasteiger partial charge in [0.25, 0.3) is 0 Å². The Bertz CT molecular complexity index is 570. The zero-order valence-corrected chi connectivity index (χ0v) is 13.0. The summed E-state index contributed by atoms with van der Waals surface area (Å²) in [6.07, 6.45) is 0.0605. The van der Waals surface area contributed by atoms with E-state index in [2.05, 4.69) is 10.2 Å². The Hall–Kier alpha value is -2.33. The number of hydrogen-bond acceptors (Lipinski definition) is 3. The van der Waals surface area contributed by atoms with Gasteiger partial charge in [0.2, 0.25) is 0 Å². The molecule has 0 fully saturated rings. The summed E-state index contributed by atoms with van der Waals surface area (Å²) < 4.78 is 5.61. The molecule has 0 heterocycles. The third kappa shape index (κ3) is 5.22. The lowest BCUT2D eigenvalue weighted by atomic mass is 10.1. The van der Waals surface area contributed by atoms with Crippen LogP contribution in [-0.4, -0.2) is 31.6 Å². The lowest BCUT2D eigenvalue weighted by molar-refractivity contribution is 0.1000. The summed E-state index contributed by atoms with van der Waals surface area (Å²) in [5.41, 5.74) is 1.74. The maximum absolute atomic E-state index is 12.1. The smallest absolute Gasteiger partial charge is 0.412 e. The third-order valence-electron chi connectivity index (χ3n) is 3.28. The van der Waals surface area contributed by atoms with Crippen LogP contribution < -0.4 is 5.32 Å². The molecule has 0 saturated heterocycles. The van der Waals surface area contributed by atoms with Crippen LogP contribution in [0.2, 0.25) is 0 Å². The maximum Gasteiger partial charge on any atom is 0.412 e. The Labute approximate surface area is 131 Å². The average molecular weight is 298 g/mol. The van der Waals surface area contributed by atoms with Gasteiger partial charge < -0.3 is 9.64 Å². The summed E-state index contributed by atoms with van der Waals surface area (Å²) >= 11 is 0. The molecule has 22 heavy (non-hydrogen) atoms. The standard InChI is InChI=1S/C18H22N2O2/c1-20(2)14-13-17(15-9-5-3-6-10-15)22-18(21)19-16-11-7-4-8-12-16/h3-12,17H,13-14H2,1-2H3,(H,19,21). The van der Waals surface area contributed by atoms with E-state index in [0.29, 0.717) is 0 Å². The molecule has 4 nitrogen and oxygen atoms in total. The number of nitrogens with zero attached hydrogens (tertiary/aromatic N) is 1. The summed E-state index contributed by atoms with van der Waals surface area (Å²) in [7, 11) is 4.01. The molecule has 1 N–H and O–H groups in total. The molecule has 1 atom stereocenters. The fourth-order valence-corrected chi connectivity index (χ4v) is 2.13. The molecule has 0 saturated carbocycles. The van der Waals surface area contributed by atoms with Gasteiger partial charge in [-0.3, -0.25) is 5.32 Å². The fourth-order valence-electron chi connectivity index (χ4n) is 2.13. The second-order valence-corrected chi connectivity index (χ2v) is 5.39. The summed E-state index contributed by atoms with van der Waals surface area (Å²) in [5, 5.41) is 2.76. The normalized spacial score (nSPS) is 12.0. The SMILES string of the molecule is CN(C)CCC(OC(=O)Nc1ccccc1)c1ccccc1. The minimum absolute atomic E-state index is 0.257. The Morgan fingerprint density at radius 2 is 1.64 bits per heavy atom. The van der Waals surface area contributed by atoms with Crippen molar-refractivity contribution in [1.82, 2.24) is 4.90 Å². The minimum Gasteiger partial charge on any atom is -0.441 e. The number of hydrogen-bond donors (Lipinski definition) is 1. The van der Waals surface area contributed by atoms with E-state index in [1.54, 1.807) is 0 Å². The molecule has 1 amide bonds. The number of amides is 1. The highest BCUT2D eigenvalue weighted by molar-refractivity contribution is 5.84. The van der Waals surface area contributed by atoms with Gasteiger partial charge in [-0.25, -0.2) is 4.79 Å². The van der Waals surface area contributed by atoms with Crippen LogP contribution in [0.1, 0.15) is 18.1 Å². The number of para-hydroxylation sites is 1. The zero-order chi connectivity index (χ0) is 15.8. The van der Waals surface area contributed by atoms with Gasteiger partial charge in [-0.1, -0.05) is 48.5 Å². The second kappa shape index (κ2) is 8.20. The number of rotatable bonds is 6. The van der Waals surface area contributed by atoms with Crippen LogP contribution in [0.4, 0.5) is 10.5 Å². The van der Waals surface area contributed by atoms with Gasteiger partial charge in [0.15, 0.2) is 0 Å². The number of carbonyl (C=O) groups excluding carboxylic acids is 1. The van der Waals surface area contributed by atoms with Crippen LogP contribution in [0.15, 0.2) is 60.7 Å². The molecule has 0 aliphatic rings. The van der Waals surface area contributed by atoms with Crippen molar-refractivity contribution in [2.45, 2.75) is 12.5 Å². The van der Waals surface area contributed by atoms with Crippen molar-refractivity contribution in [3.63, 3.8) is 0 Å². The summed E-state index contributed by atoms with van der Waals surface area (Å²) in [6, 6.07) is 19.1. The Morgan fingerprint density at radius 1 is 1.05 bits per heavy atom. The Kier molecular flexibility index (Phi) is 5.98. The average Bonchev–Trinajstić information content (AvgIpc) is 2.53. The summed E-state index contributed by atoms with van der Waals surface area (Å²) in [4.78, 5) is 14.2. The zero-order valence-electron chi connectivity index (χ0n) is 13.0. The minimum atomic E-state index is -0.432. The first kappa shape index (κ1) is 16.0. The lowest BCUT2D eigenvalue weighted by Gasteiger charge is -2.20. The number of anilines is 1. The van der Waals surface area contributed by atoms with E-state index in [-0.39, 0.29) is 6.10 Å². The molecule has 1 unspecified atom stereocenters. The van der Waals surface area contributed by atoms with Gasteiger partial charge in [0.05, 0.1) is 0 Å². The van der Waals surface area contributed by atoms with Crippen LogP contribution in [0.3, 0.4) is 0 Å². The summed E-state index contributed by atoms with van der Waals surface area (Å²) in [5.74, 6) is 0. The van der Waals surface area contributed by atoms with Crippen molar-refractivity contribution >= 4 is 11.8 Å². The predicted octanol–water partition coefficient (Wildman–Crippen LogP) is 3.93. The van der Waals surface area contributed by atoms with E-state index in [9.17, 15) is 4.79 Å². The first-order chi connectivity index (χ1) is 10.6. The van der Waals surface area contributed by atoms with E-state index in [0.717, 1.165) is 24.2 Å². The van der Waals surface area contributed by atoms with Gasteiger partial charge >= 0.3 is 6.09 Å². The molecule has 116 valence electrons. The van der Waals surface area contributed by atoms with E-state index in [4.69, 9.17) is 4.74 Å². The number of ether oxygens (including phenoxy) is 1.